The third-order valence-electron chi connectivity index (χ3n) is 4.11. The molecular formula is C20H18N2O2S2. The van der Waals surface area contributed by atoms with E-state index in [0.29, 0.717) is 18.7 Å². The Balaban J connectivity index is 1.33. The number of aryl methyl sites for hydroxylation is 1. The van der Waals surface area contributed by atoms with E-state index < -0.39 is 0 Å². The van der Waals surface area contributed by atoms with E-state index in [-0.39, 0.29) is 5.91 Å². The van der Waals surface area contributed by atoms with Crippen molar-refractivity contribution in [3.05, 3.63) is 62.8 Å². The highest BCUT2D eigenvalue weighted by Crippen LogP contribution is 2.29. The highest BCUT2D eigenvalue weighted by Gasteiger charge is 2.16. The molecule has 1 N–H and O–H groups in total. The van der Waals surface area contributed by atoms with Crippen LogP contribution in [0.2, 0.25) is 0 Å². The number of ether oxygens (including phenoxy) is 1. The molecule has 1 amide bonds. The molecule has 0 unspecified atom stereocenters. The molecule has 0 radical (unpaired) electrons. The Hall–Kier alpha value is -2.44. The maximum Gasteiger partial charge on any atom is 0.250 e. The van der Waals surface area contributed by atoms with E-state index in [9.17, 15) is 4.79 Å². The van der Waals surface area contributed by atoms with Crippen LogP contribution in [0.25, 0.3) is 16.6 Å². The van der Waals surface area contributed by atoms with Crippen molar-refractivity contribution in [3.63, 3.8) is 0 Å². The van der Waals surface area contributed by atoms with Gasteiger partial charge >= 0.3 is 0 Å². The molecule has 6 heteroatoms. The number of aromatic nitrogens is 1. The van der Waals surface area contributed by atoms with Crippen LogP contribution in [0.1, 0.15) is 15.4 Å². The first-order valence-corrected chi connectivity index (χ1v) is 10.1. The molecule has 4 nitrogen and oxygen atoms in total. The van der Waals surface area contributed by atoms with Crippen LogP contribution in [0.3, 0.4) is 0 Å². The lowest BCUT2D eigenvalue weighted by Crippen LogP contribution is -2.30. The van der Waals surface area contributed by atoms with E-state index >= 15 is 0 Å². The van der Waals surface area contributed by atoms with Crippen molar-refractivity contribution in [2.45, 2.75) is 13.3 Å². The maximum atomic E-state index is 12.4. The van der Waals surface area contributed by atoms with Crippen LogP contribution >= 0.6 is 22.7 Å². The van der Waals surface area contributed by atoms with Gasteiger partial charge in [0.2, 0.25) is 0 Å². The molecule has 0 saturated carbocycles. The molecule has 0 atom stereocenters. The summed E-state index contributed by atoms with van der Waals surface area (Å²) >= 11 is 3.39. The number of para-hydroxylation sites is 1. The molecule has 0 spiro atoms. The van der Waals surface area contributed by atoms with Crippen LogP contribution < -0.4 is 10.1 Å². The Labute approximate surface area is 160 Å². The van der Waals surface area contributed by atoms with E-state index in [0.717, 1.165) is 28.4 Å². The first-order valence-electron chi connectivity index (χ1n) is 8.41. The van der Waals surface area contributed by atoms with Crippen molar-refractivity contribution in [1.29, 1.82) is 0 Å². The normalized spacial score (nSPS) is 12.9. The van der Waals surface area contributed by atoms with Gasteiger partial charge in [0, 0.05) is 22.4 Å². The number of carbonyl (C=O) groups excluding carboxylic acids is 1. The number of amides is 1. The van der Waals surface area contributed by atoms with Crippen LogP contribution in [0.4, 0.5) is 0 Å². The number of nitrogens with one attached hydrogen (secondary N) is 1. The highest BCUT2D eigenvalue weighted by molar-refractivity contribution is 7.16. The Bertz CT molecular complexity index is 972. The van der Waals surface area contributed by atoms with Crippen molar-refractivity contribution < 1.29 is 9.53 Å². The smallest absolute Gasteiger partial charge is 0.250 e. The summed E-state index contributed by atoms with van der Waals surface area (Å²) in [5, 5.41) is 6.15. The van der Waals surface area contributed by atoms with Gasteiger partial charge in [-0.1, -0.05) is 18.2 Å². The van der Waals surface area contributed by atoms with Crippen molar-refractivity contribution >= 4 is 34.7 Å². The van der Waals surface area contributed by atoms with E-state index in [4.69, 9.17) is 4.74 Å². The molecule has 3 aromatic rings. The molecule has 0 bridgehead atoms. The number of rotatable bonds is 5. The van der Waals surface area contributed by atoms with Gasteiger partial charge in [-0.15, -0.1) is 22.7 Å². The second kappa shape index (κ2) is 7.43. The van der Waals surface area contributed by atoms with Gasteiger partial charge < -0.3 is 10.1 Å². The molecule has 2 aromatic heterocycles. The summed E-state index contributed by atoms with van der Waals surface area (Å²) < 4.78 is 5.64. The Morgan fingerprint density at radius 1 is 1.27 bits per heavy atom. The summed E-state index contributed by atoms with van der Waals surface area (Å²) in [5.41, 5.74) is 2.65. The largest absolute Gasteiger partial charge is 0.488 e. The number of thiophene rings is 1. The summed E-state index contributed by atoms with van der Waals surface area (Å²) in [6.45, 7) is 2.93. The molecule has 1 aliphatic heterocycles. The van der Waals surface area contributed by atoms with Gasteiger partial charge in [-0.25, -0.2) is 4.98 Å². The number of fused-ring (bicyclic) bond motifs is 1. The fourth-order valence-corrected chi connectivity index (χ4v) is 4.44. The Morgan fingerprint density at radius 3 is 3.00 bits per heavy atom. The van der Waals surface area contributed by atoms with Crippen LogP contribution in [0.5, 0.6) is 5.75 Å². The zero-order valence-electron chi connectivity index (χ0n) is 14.3. The standard InChI is InChI=1S/C20H18N2O2S2/c1-13-22-17(12-25-13)19-7-6-16(26-19)8-9-21-20(23)15-10-14-4-2-3-5-18(14)24-11-15/h2-7,10,12H,8-9,11H2,1H3,(H,21,23). The molecule has 26 heavy (non-hydrogen) atoms. The molecule has 0 saturated heterocycles. The minimum absolute atomic E-state index is 0.0635. The van der Waals surface area contributed by atoms with Gasteiger partial charge in [-0.3, -0.25) is 4.79 Å². The van der Waals surface area contributed by atoms with Crippen molar-refractivity contribution in [3.8, 4) is 16.3 Å². The average Bonchev–Trinajstić information content (AvgIpc) is 3.30. The first kappa shape index (κ1) is 17.0. The van der Waals surface area contributed by atoms with Gasteiger partial charge in [0.15, 0.2) is 0 Å². The van der Waals surface area contributed by atoms with E-state index in [1.54, 1.807) is 22.7 Å². The third kappa shape index (κ3) is 3.71. The third-order valence-corrected chi connectivity index (χ3v) is 6.05. The van der Waals surface area contributed by atoms with E-state index in [1.807, 2.05) is 37.3 Å². The summed E-state index contributed by atoms with van der Waals surface area (Å²) in [6, 6.07) is 12.0. The minimum atomic E-state index is -0.0635. The summed E-state index contributed by atoms with van der Waals surface area (Å²) in [7, 11) is 0. The van der Waals surface area contributed by atoms with Crippen molar-refractivity contribution in [2.75, 3.05) is 13.2 Å². The summed E-state index contributed by atoms with van der Waals surface area (Å²) in [6.07, 6.45) is 2.71. The zero-order valence-corrected chi connectivity index (χ0v) is 16.0. The summed E-state index contributed by atoms with van der Waals surface area (Å²) in [5.74, 6) is 0.763. The second-order valence-corrected chi connectivity index (χ2v) is 8.25. The van der Waals surface area contributed by atoms with Crippen LogP contribution in [0.15, 0.2) is 47.4 Å². The minimum Gasteiger partial charge on any atom is -0.488 e. The fraction of sp³-hybridized carbons (Fsp3) is 0.200. The monoisotopic (exact) mass is 382 g/mol. The molecule has 4 rings (SSSR count). The van der Waals surface area contributed by atoms with Crippen LogP contribution in [-0.4, -0.2) is 24.0 Å². The Kier molecular flexibility index (Phi) is 4.86. The first-order chi connectivity index (χ1) is 12.7. The predicted molar refractivity (Wildman–Crippen MR) is 107 cm³/mol. The number of hydrogen-bond acceptors (Lipinski definition) is 5. The fourth-order valence-electron chi connectivity index (χ4n) is 2.79. The number of benzene rings is 1. The van der Waals surface area contributed by atoms with Gasteiger partial charge in [0.1, 0.15) is 12.4 Å². The topological polar surface area (TPSA) is 51.2 Å². The number of carbonyl (C=O) groups is 1. The molecular weight excluding hydrogens is 364 g/mol. The van der Waals surface area contributed by atoms with Crippen molar-refractivity contribution in [2.24, 2.45) is 0 Å². The molecule has 1 aromatic carbocycles. The summed E-state index contributed by atoms with van der Waals surface area (Å²) in [4.78, 5) is 19.3. The van der Waals surface area contributed by atoms with E-state index in [2.05, 4.69) is 27.8 Å². The number of thiazole rings is 1. The van der Waals surface area contributed by atoms with Gasteiger partial charge in [0.25, 0.3) is 5.91 Å². The molecule has 0 fully saturated rings. The quantitative estimate of drug-likeness (QED) is 0.715. The molecule has 3 heterocycles. The number of nitrogens with zero attached hydrogens (tertiary/aromatic N) is 1. The lowest BCUT2D eigenvalue weighted by atomic mass is 10.1. The van der Waals surface area contributed by atoms with Gasteiger partial charge in [0.05, 0.1) is 21.2 Å². The van der Waals surface area contributed by atoms with E-state index in [1.165, 1.54) is 9.75 Å². The molecule has 1 aliphatic rings. The predicted octanol–water partition coefficient (Wildman–Crippen LogP) is 4.31. The molecule has 132 valence electrons. The lowest BCUT2D eigenvalue weighted by molar-refractivity contribution is -0.117. The zero-order chi connectivity index (χ0) is 17.9. The van der Waals surface area contributed by atoms with Crippen molar-refractivity contribution in [1.82, 2.24) is 10.3 Å². The SMILES string of the molecule is Cc1nc(-c2ccc(CCNC(=O)C3=Cc4ccccc4OC3)s2)cs1. The Morgan fingerprint density at radius 2 is 2.15 bits per heavy atom. The second-order valence-electron chi connectivity index (χ2n) is 6.02. The lowest BCUT2D eigenvalue weighted by Gasteiger charge is -2.17. The highest BCUT2D eigenvalue weighted by atomic mass is 32.1. The van der Waals surface area contributed by atoms with Gasteiger partial charge in [-0.05, 0) is 37.6 Å². The van der Waals surface area contributed by atoms with Crippen LogP contribution in [0, 0.1) is 6.92 Å². The van der Waals surface area contributed by atoms with Gasteiger partial charge in [-0.2, -0.15) is 0 Å². The molecule has 0 aliphatic carbocycles. The number of hydrogen-bond donors (Lipinski definition) is 1. The average molecular weight is 383 g/mol. The maximum absolute atomic E-state index is 12.4. The van der Waals surface area contributed by atoms with Crippen LogP contribution in [-0.2, 0) is 11.2 Å².